The van der Waals surface area contributed by atoms with E-state index in [0.29, 0.717) is 4.64 Å². The van der Waals surface area contributed by atoms with Crippen molar-refractivity contribution in [2.75, 3.05) is 0 Å². The first-order valence-electron chi connectivity index (χ1n) is 7.60. The molecule has 1 aliphatic carbocycles. The molecule has 4 rings (SSSR count). The average Bonchev–Trinajstić information content (AvgIpc) is 3.09. The third-order valence-corrected chi connectivity index (χ3v) is 5.88. The molecule has 0 unspecified atom stereocenters. The number of pyridine rings is 1. The Labute approximate surface area is 132 Å². The van der Waals surface area contributed by atoms with Crippen LogP contribution in [0.1, 0.15) is 43.0 Å². The van der Waals surface area contributed by atoms with E-state index in [9.17, 15) is 0 Å². The van der Waals surface area contributed by atoms with Crippen LogP contribution >= 0.6 is 23.6 Å². The van der Waals surface area contributed by atoms with E-state index >= 15 is 0 Å². The molecule has 1 N–H and O–H groups in total. The van der Waals surface area contributed by atoms with Crippen LogP contribution in [0.2, 0.25) is 0 Å². The second kappa shape index (κ2) is 5.14. The van der Waals surface area contributed by atoms with Crippen LogP contribution in [0.25, 0.3) is 20.4 Å². The van der Waals surface area contributed by atoms with E-state index in [1.165, 1.54) is 54.3 Å². The van der Waals surface area contributed by atoms with Crippen LogP contribution in [-0.2, 0) is 19.3 Å². The lowest BCUT2D eigenvalue weighted by Gasteiger charge is -2.08. The number of H-pyrrole nitrogens is 1. The molecule has 0 aromatic carbocycles. The molecule has 0 saturated carbocycles. The van der Waals surface area contributed by atoms with Crippen LogP contribution < -0.4 is 0 Å². The van der Waals surface area contributed by atoms with Gasteiger partial charge in [-0.15, -0.1) is 11.3 Å². The van der Waals surface area contributed by atoms with Crippen LogP contribution in [0.5, 0.6) is 0 Å². The van der Waals surface area contributed by atoms with Crippen LogP contribution in [0, 0.1) is 4.64 Å². The Hall–Kier alpha value is -1.33. The van der Waals surface area contributed by atoms with Crippen molar-refractivity contribution in [1.29, 1.82) is 0 Å². The summed E-state index contributed by atoms with van der Waals surface area (Å²) < 4.78 is 1.77. The lowest BCUT2D eigenvalue weighted by molar-refractivity contribution is 0.770. The second-order valence-electron chi connectivity index (χ2n) is 5.67. The first-order chi connectivity index (χ1) is 10.3. The molecule has 0 atom stereocenters. The van der Waals surface area contributed by atoms with Gasteiger partial charge in [-0.05, 0) is 43.2 Å². The summed E-state index contributed by atoms with van der Waals surface area (Å²) in [4.78, 5) is 13.6. The monoisotopic (exact) mass is 315 g/mol. The average molecular weight is 315 g/mol. The molecule has 3 nitrogen and oxygen atoms in total. The standard InChI is InChI=1S/C16H17N3S2/c1-2-3-7-11-9-5-4-6-10(9)12-13-14(21-16(12)19-11)15(20)18-8-17-13/h8H,2-7H2,1H3,(H,17,18,20). The zero-order valence-electron chi connectivity index (χ0n) is 12.0. The first kappa shape index (κ1) is 13.3. The van der Waals surface area contributed by atoms with Gasteiger partial charge in [-0.3, -0.25) is 0 Å². The smallest absolute Gasteiger partial charge is 0.147 e. The van der Waals surface area contributed by atoms with E-state index in [1.54, 1.807) is 17.7 Å². The molecule has 0 bridgehead atoms. The summed E-state index contributed by atoms with van der Waals surface area (Å²) in [5.74, 6) is 0. The van der Waals surface area contributed by atoms with Crippen LogP contribution in [-0.4, -0.2) is 15.0 Å². The number of fused-ring (bicyclic) bond motifs is 5. The van der Waals surface area contributed by atoms with Crippen molar-refractivity contribution in [1.82, 2.24) is 15.0 Å². The number of hydrogen-bond acceptors (Lipinski definition) is 4. The zero-order chi connectivity index (χ0) is 14.4. The maximum absolute atomic E-state index is 5.38. The van der Waals surface area contributed by atoms with Crippen molar-refractivity contribution in [3.8, 4) is 0 Å². The third kappa shape index (κ3) is 2.02. The topological polar surface area (TPSA) is 41.6 Å². The largest absolute Gasteiger partial charge is 0.344 e. The normalized spacial score (nSPS) is 14.1. The molecule has 0 spiro atoms. The summed E-state index contributed by atoms with van der Waals surface area (Å²) in [5, 5.41) is 1.30. The van der Waals surface area contributed by atoms with Gasteiger partial charge in [-0.25, -0.2) is 9.97 Å². The van der Waals surface area contributed by atoms with E-state index in [-0.39, 0.29) is 0 Å². The number of hydrogen-bond donors (Lipinski definition) is 1. The van der Waals surface area contributed by atoms with Gasteiger partial charge in [0.05, 0.1) is 16.5 Å². The second-order valence-corrected chi connectivity index (χ2v) is 7.05. The Kier molecular flexibility index (Phi) is 3.27. The van der Waals surface area contributed by atoms with Crippen molar-refractivity contribution in [3.05, 3.63) is 27.8 Å². The Morgan fingerprint density at radius 2 is 2.19 bits per heavy atom. The minimum Gasteiger partial charge on any atom is -0.344 e. The minimum atomic E-state index is 0.689. The third-order valence-electron chi connectivity index (χ3n) is 4.35. The van der Waals surface area contributed by atoms with Crippen molar-refractivity contribution in [2.45, 2.75) is 45.4 Å². The highest BCUT2D eigenvalue weighted by atomic mass is 32.1. The molecule has 0 amide bonds. The number of rotatable bonds is 3. The molecule has 3 aromatic heterocycles. The van der Waals surface area contributed by atoms with E-state index in [0.717, 1.165) is 21.5 Å². The van der Waals surface area contributed by atoms with Crippen molar-refractivity contribution < 1.29 is 0 Å². The summed E-state index contributed by atoms with van der Waals surface area (Å²) in [6, 6.07) is 0. The number of thiophene rings is 1. The molecule has 21 heavy (non-hydrogen) atoms. The molecule has 3 heterocycles. The SMILES string of the molecule is CCCCc1nc2sc3c(=S)nc[nH]c3c2c2c1CCC2. The van der Waals surface area contributed by atoms with Gasteiger partial charge in [0.15, 0.2) is 0 Å². The maximum Gasteiger partial charge on any atom is 0.147 e. The summed E-state index contributed by atoms with van der Waals surface area (Å²) in [6.07, 6.45) is 8.85. The summed E-state index contributed by atoms with van der Waals surface area (Å²) >= 11 is 7.07. The van der Waals surface area contributed by atoms with E-state index in [1.807, 2.05) is 0 Å². The van der Waals surface area contributed by atoms with Gasteiger partial charge >= 0.3 is 0 Å². The van der Waals surface area contributed by atoms with E-state index in [4.69, 9.17) is 17.2 Å². The number of aromatic nitrogens is 3. The summed E-state index contributed by atoms with van der Waals surface area (Å²) in [6.45, 7) is 2.24. The van der Waals surface area contributed by atoms with Gasteiger partial charge in [-0.2, -0.15) is 0 Å². The van der Waals surface area contributed by atoms with Gasteiger partial charge < -0.3 is 4.98 Å². The summed E-state index contributed by atoms with van der Waals surface area (Å²) in [5.41, 5.74) is 5.48. The predicted octanol–water partition coefficient (Wildman–Crippen LogP) is 4.73. The molecular weight excluding hydrogens is 298 g/mol. The Morgan fingerprint density at radius 1 is 1.33 bits per heavy atom. The van der Waals surface area contributed by atoms with E-state index in [2.05, 4.69) is 16.9 Å². The van der Waals surface area contributed by atoms with Crippen LogP contribution in [0.3, 0.4) is 0 Å². The molecule has 0 saturated heterocycles. The quantitative estimate of drug-likeness (QED) is 0.710. The number of nitrogens with one attached hydrogen (secondary N) is 1. The van der Waals surface area contributed by atoms with Crippen molar-refractivity contribution in [2.24, 2.45) is 0 Å². The molecule has 1 aliphatic rings. The van der Waals surface area contributed by atoms with Crippen LogP contribution in [0.4, 0.5) is 0 Å². The van der Waals surface area contributed by atoms with Gasteiger partial charge in [0, 0.05) is 11.1 Å². The van der Waals surface area contributed by atoms with Crippen molar-refractivity contribution >= 4 is 44.0 Å². The van der Waals surface area contributed by atoms with Crippen LogP contribution in [0.15, 0.2) is 6.33 Å². The molecule has 108 valence electrons. The zero-order valence-corrected chi connectivity index (χ0v) is 13.7. The summed E-state index contributed by atoms with van der Waals surface area (Å²) in [7, 11) is 0. The predicted molar refractivity (Wildman–Crippen MR) is 90.7 cm³/mol. The highest BCUT2D eigenvalue weighted by molar-refractivity contribution is 7.71. The lowest BCUT2D eigenvalue weighted by Crippen LogP contribution is -1.98. The molecule has 3 aromatic rings. The fourth-order valence-corrected chi connectivity index (χ4v) is 4.72. The number of unbranched alkanes of at least 4 members (excludes halogenated alkanes) is 1. The molecule has 0 radical (unpaired) electrons. The fraction of sp³-hybridized carbons (Fsp3) is 0.438. The number of aryl methyl sites for hydroxylation is 2. The maximum atomic E-state index is 5.38. The van der Waals surface area contributed by atoms with Gasteiger partial charge in [0.2, 0.25) is 0 Å². The molecule has 0 fully saturated rings. The van der Waals surface area contributed by atoms with Gasteiger partial charge in [0.25, 0.3) is 0 Å². The number of nitrogens with zero attached hydrogens (tertiary/aromatic N) is 2. The Balaban J connectivity index is 2.07. The van der Waals surface area contributed by atoms with E-state index < -0.39 is 0 Å². The molecule has 5 heteroatoms. The fourth-order valence-electron chi connectivity index (χ4n) is 3.36. The first-order valence-corrected chi connectivity index (χ1v) is 8.82. The van der Waals surface area contributed by atoms with Gasteiger partial charge in [-0.1, -0.05) is 25.6 Å². The van der Waals surface area contributed by atoms with Gasteiger partial charge in [0.1, 0.15) is 9.47 Å². The Bertz CT molecular complexity index is 892. The number of aromatic amines is 1. The highest BCUT2D eigenvalue weighted by Gasteiger charge is 2.22. The lowest BCUT2D eigenvalue weighted by atomic mass is 10.0. The molecular formula is C16H17N3S2. The Morgan fingerprint density at radius 3 is 3.05 bits per heavy atom. The van der Waals surface area contributed by atoms with Crippen molar-refractivity contribution in [3.63, 3.8) is 0 Å². The minimum absolute atomic E-state index is 0.689. The molecule has 0 aliphatic heterocycles. The highest BCUT2D eigenvalue weighted by Crippen LogP contribution is 2.39.